The molecule has 0 aliphatic carbocycles. The molecule has 2 heterocycles. The van der Waals surface area contributed by atoms with Gasteiger partial charge < -0.3 is 5.32 Å². The van der Waals surface area contributed by atoms with Crippen molar-refractivity contribution < 1.29 is 4.79 Å². The maximum absolute atomic E-state index is 12.6. The lowest BCUT2D eigenvalue weighted by Crippen LogP contribution is -2.16. The first-order valence-corrected chi connectivity index (χ1v) is 11.7. The van der Waals surface area contributed by atoms with Crippen LogP contribution in [0.3, 0.4) is 0 Å². The molecule has 32 heavy (non-hydrogen) atoms. The Labute approximate surface area is 197 Å². The predicted molar refractivity (Wildman–Crippen MR) is 131 cm³/mol. The first kappa shape index (κ1) is 22.2. The lowest BCUT2D eigenvalue weighted by atomic mass is 10.0. The summed E-state index contributed by atoms with van der Waals surface area (Å²) in [5.41, 5.74) is 7.89. The second kappa shape index (κ2) is 9.27. The zero-order valence-electron chi connectivity index (χ0n) is 18.6. The number of rotatable bonds is 6. The highest BCUT2D eigenvalue weighted by molar-refractivity contribution is 7.12. The number of carbonyl (C=O) groups excluding carboxylic acids is 1. The summed E-state index contributed by atoms with van der Waals surface area (Å²) in [7, 11) is 0. The molecule has 0 aliphatic heterocycles. The molecule has 0 saturated carbocycles. The number of carbonyl (C=O) groups is 1. The Balaban J connectivity index is 1.51. The molecule has 2 aromatic carbocycles. The SMILES string of the molecule is Cc1cccc(C)c1NC(=O)Cc1csc(-n2nc(C)c(Cc3ccccc3Cl)c2C)n1. The number of anilines is 1. The first-order chi connectivity index (χ1) is 15.3. The second-order valence-electron chi connectivity index (χ2n) is 7.94. The average molecular weight is 465 g/mol. The number of halogens is 1. The smallest absolute Gasteiger partial charge is 0.230 e. The van der Waals surface area contributed by atoms with Gasteiger partial charge in [-0.25, -0.2) is 9.67 Å². The van der Waals surface area contributed by atoms with Crippen molar-refractivity contribution in [2.75, 3.05) is 5.32 Å². The Kier molecular flexibility index (Phi) is 6.44. The molecule has 0 spiro atoms. The van der Waals surface area contributed by atoms with Crippen molar-refractivity contribution in [2.24, 2.45) is 0 Å². The Morgan fingerprint density at radius 3 is 2.50 bits per heavy atom. The molecule has 5 nitrogen and oxygen atoms in total. The van der Waals surface area contributed by atoms with Crippen molar-refractivity contribution in [3.05, 3.63) is 92.2 Å². The van der Waals surface area contributed by atoms with Crippen LogP contribution in [-0.2, 0) is 17.6 Å². The van der Waals surface area contributed by atoms with Crippen LogP contribution < -0.4 is 5.32 Å². The summed E-state index contributed by atoms with van der Waals surface area (Å²) in [6, 6.07) is 13.8. The number of nitrogens with one attached hydrogen (secondary N) is 1. The lowest BCUT2D eigenvalue weighted by Gasteiger charge is -2.10. The minimum Gasteiger partial charge on any atom is -0.325 e. The fourth-order valence-corrected chi connectivity index (χ4v) is 4.81. The summed E-state index contributed by atoms with van der Waals surface area (Å²) in [6.07, 6.45) is 0.934. The number of hydrogen-bond acceptors (Lipinski definition) is 4. The number of aryl methyl sites for hydroxylation is 3. The number of amides is 1. The number of para-hydroxylation sites is 1. The van der Waals surface area contributed by atoms with Crippen molar-refractivity contribution in [2.45, 2.75) is 40.5 Å². The standard InChI is InChI=1S/C25H25ClN4OS/c1-15-8-7-9-16(2)24(15)28-23(31)13-20-14-32-25(27-20)30-18(4)21(17(3)29-30)12-19-10-5-6-11-22(19)26/h5-11,14H,12-13H2,1-4H3,(H,28,31). The zero-order valence-corrected chi connectivity index (χ0v) is 20.1. The summed E-state index contributed by atoms with van der Waals surface area (Å²) in [6.45, 7) is 8.03. The Hall–Kier alpha value is -2.96. The van der Waals surface area contributed by atoms with E-state index >= 15 is 0 Å². The van der Waals surface area contributed by atoms with Crippen LogP contribution in [0.4, 0.5) is 5.69 Å². The summed E-state index contributed by atoms with van der Waals surface area (Å²) in [5, 5.41) is 11.2. The minimum atomic E-state index is -0.0768. The second-order valence-corrected chi connectivity index (χ2v) is 9.19. The van der Waals surface area contributed by atoms with Gasteiger partial charge in [0.05, 0.1) is 17.8 Å². The molecule has 4 aromatic rings. The van der Waals surface area contributed by atoms with Gasteiger partial charge in [0, 0.05) is 33.8 Å². The van der Waals surface area contributed by atoms with Gasteiger partial charge >= 0.3 is 0 Å². The molecule has 2 aromatic heterocycles. The molecule has 0 aliphatic rings. The van der Waals surface area contributed by atoms with E-state index in [0.717, 1.165) is 55.2 Å². The maximum Gasteiger partial charge on any atom is 0.230 e. The van der Waals surface area contributed by atoms with Gasteiger partial charge in [-0.15, -0.1) is 11.3 Å². The van der Waals surface area contributed by atoms with Gasteiger partial charge in [-0.2, -0.15) is 5.10 Å². The number of benzene rings is 2. The van der Waals surface area contributed by atoms with Gasteiger partial charge in [0.1, 0.15) is 0 Å². The predicted octanol–water partition coefficient (Wildman–Crippen LogP) is 5.99. The number of hydrogen-bond donors (Lipinski definition) is 1. The Morgan fingerprint density at radius 1 is 1.06 bits per heavy atom. The first-order valence-electron chi connectivity index (χ1n) is 10.4. The van der Waals surface area contributed by atoms with Crippen LogP contribution in [0.5, 0.6) is 0 Å². The summed E-state index contributed by atoms with van der Waals surface area (Å²) in [5.74, 6) is -0.0768. The molecule has 0 saturated heterocycles. The van der Waals surface area contributed by atoms with Gasteiger partial charge in [0.15, 0.2) is 0 Å². The van der Waals surface area contributed by atoms with Crippen LogP contribution in [0.2, 0.25) is 5.02 Å². The quantitative estimate of drug-likeness (QED) is 0.381. The lowest BCUT2D eigenvalue weighted by molar-refractivity contribution is -0.115. The molecule has 164 valence electrons. The molecule has 0 radical (unpaired) electrons. The topological polar surface area (TPSA) is 59.8 Å². The van der Waals surface area contributed by atoms with Crippen molar-refractivity contribution >= 4 is 34.5 Å². The molecule has 1 N–H and O–H groups in total. The normalized spacial score (nSPS) is 11.0. The highest BCUT2D eigenvalue weighted by atomic mass is 35.5. The van der Waals surface area contributed by atoms with Gasteiger partial charge in [0.25, 0.3) is 0 Å². The van der Waals surface area contributed by atoms with E-state index in [-0.39, 0.29) is 12.3 Å². The minimum absolute atomic E-state index is 0.0768. The zero-order chi connectivity index (χ0) is 22.8. The Bertz CT molecular complexity index is 1270. The summed E-state index contributed by atoms with van der Waals surface area (Å²) >= 11 is 7.84. The van der Waals surface area contributed by atoms with E-state index in [1.807, 2.05) is 80.2 Å². The van der Waals surface area contributed by atoms with E-state index in [4.69, 9.17) is 16.7 Å². The molecule has 0 unspecified atom stereocenters. The van der Waals surface area contributed by atoms with Crippen LogP contribution in [0.25, 0.3) is 5.13 Å². The monoisotopic (exact) mass is 464 g/mol. The van der Waals surface area contributed by atoms with Crippen LogP contribution in [0.1, 0.15) is 39.3 Å². The number of thiazole rings is 1. The molecule has 4 rings (SSSR count). The molecule has 0 atom stereocenters. The van der Waals surface area contributed by atoms with Crippen LogP contribution in [-0.4, -0.2) is 20.7 Å². The van der Waals surface area contributed by atoms with Crippen LogP contribution in [0.15, 0.2) is 47.8 Å². The van der Waals surface area contributed by atoms with Crippen LogP contribution >= 0.6 is 22.9 Å². The molecule has 0 fully saturated rings. The van der Waals surface area contributed by atoms with Crippen LogP contribution in [0, 0.1) is 27.7 Å². The van der Waals surface area contributed by atoms with E-state index in [1.165, 1.54) is 11.3 Å². The summed E-state index contributed by atoms with van der Waals surface area (Å²) in [4.78, 5) is 17.3. The van der Waals surface area contributed by atoms with E-state index in [9.17, 15) is 4.79 Å². The van der Waals surface area contributed by atoms with E-state index in [1.54, 1.807) is 0 Å². The molecule has 7 heteroatoms. The summed E-state index contributed by atoms with van der Waals surface area (Å²) < 4.78 is 1.86. The van der Waals surface area contributed by atoms with Gasteiger partial charge in [-0.1, -0.05) is 48.0 Å². The van der Waals surface area contributed by atoms with E-state index in [0.29, 0.717) is 6.42 Å². The number of nitrogens with zero attached hydrogens (tertiary/aromatic N) is 3. The third-order valence-electron chi connectivity index (χ3n) is 5.57. The van der Waals surface area contributed by atoms with E-state index < -0.39 is 0 Å². The van der Waals surface area contributed by atoms with Crippen molar-refractivity contribution in [1.29, 1.82) is 0 Å². The largest absolute Gasteiger partial charge is 0.325 e. The van der Waals surface area contributed by atoms with Gasteiger partial charge in [-0.3, -0.25) is 4.79 Å². The molecular formula is C25H25ClN4OS. The van der Waals surface area contributed by atoms with Gasteiger partial charge in [0.2, 0.25) is 11.0 Å². The fourth-order valence-electron chi connectivity index (χ4n) is 3.78. The molecular weight excluding hydrogens is 440 g/mol. The Morgan fingerprint density at radius 2 is 1.78 bits per heavy atom. The third kappa shape index (κ3) is 4.61. The third-order valence-corrected chi connectivity index (χ3v) is 6.81. The van der Waals surface area contributed by atoms with E-state index in [2.05, 4.69) is 10.3 Å². The van der Waals surface area contributed by atoms with Crippen molar-refractivity contribution in [3.63, 3.8) is 0 Å². The molecule has 0 bridgehead atoms. The molecule has 1 amide bonds. The fraction of sp³-hybridized carbons (Fsp3) is 0.240. The number of aromatic nitrogens is 3. The highest BCUT2D eigenvalue weighted by Crippen LogP contribution is 2.26. The van der Waals surface area contributed by atoms with Crippen molar-refractivity contribution in [1.82, 2.24) is 14.8 Å². The highest BCUT2D eigenvalue weighted by Gasteiger charge is 2.17. The maximum atomic E-state index is 12.6. The van der Waals surface area contributed by atoms with Crippen molar-refractivity contribution in [3.8, 4) is 5.13 Å². The average Bonchev–Trinajstić information content (AvgIpc) is 3.31. The van der Waals surface area contributed by atoms with Gasteiger partial charge in [-0.05, 0) is 50.5 Å².